The predicted octanol–water partition coefficient (Wildman–Crippen LogP) is 13.2. The number of amides is 2. The van der Waals surface area contributed by atoms with E-state index in [4.69, 9.17) is 23.8 Å². The highest BCUT2D eigenvalue weighted by Gasteiger charge is 2.95. The summed E-state index contributed by atoms with van der Waals surface area (Å²) in [5.41, 5.74) is 0.411. The fourth-order valence-corrected chi connectivity index (χ4v) is 11.1. The smallest absolute Gasteiger partial charge is 0.460 e. The van der Waals surface area contributed by atoms with E-state index >= 15 is 8.78 Å². The minimum absolute atomic E-state index is 0.115. The Labute approximate surface area is 379 Å². The van der Waals surface area contributed by atoms with Crippen LogP contribution in [-0.4, -0.2) is 93.5 Å². The van der Waals surface area contributed by atoms with Crippen molar-refractivity contribution in [1.29, 1.82) is 0 Å². The van der Waals surface area contributed by atoms with Crippen LogP contribution >= 0.6 is 0 Å². The van der Waals surface area contributed by atoms with Crippen LogP contribution in [0, 0.1) is 5.92 Å². The van der Waals surface area contributed by atoms with Crippen LogP contribution in [0.25, 0.3) is 0 Å². The summed E-state index contributed by atoms with van der Waals surface area (Å²) in [4.78, 5) is 24.2. The van der Waals surface area contributed by atoms with E-state index in [0.29, 0.717) is 17.0 Å². The third-order valence-electron chi connectivity index (χ3n) is 10.7. The molecular weight excluding hydrogens is 984 g/mol. The molecule has 0 heterocycles. The molecular formula is C41H47F17N2O7Si. The molecule has 0 spiro atoms. The largest absolute Gasteiger partial charge is 0.497 e. The lowest BCUT2D eigenvalue weighted by atomic mass is 9.88. The number of anilines is 1. The van der Waals surface area contributed by atoms with Crippen LogP contribution in [-0.2, 0) is 14.0 Å². The van der Waals surface area contributed by atoms with Crippen molar-refractivity contribution in [3.05, 3.63) is 78.4 Å². The highest BCUT2D eigenvalue weighted by Crippen LogP contribution is 2.64. The second-order valence-corrected chi connectivity index (χ2v) is 20.8. The molecule has 0 unspecified atom stereocenters. The lowest BCUT2D eigenvalue weighted by Crippen LogP contribution is -2.74. The number of rotatable bonds is 25. The number of benzene rings is 2. The van der Waals surface area contributed by atoms with E-state index in [-0.39, 0.29) is 12.2 Å². The summed E-state index contributed by atoms with van der Waals surface area (Å²) in [6.45, 7) is 6.01. The molecule has 0 aromatic heterocycles. The van der Waals surface area contributed by atoms with Gasteiger partial charge in [-0.2, -0.15) is 74.6 Å². The van der Waals surface area contributed by atoms with Crippen molar-refractivity contribution in [3.63, 3.8) is 0 Å². The summed E-state index contributed by atoms with van der Waals surface area (Å²) >= 11 is 0. The number of hydrogen-bond acceptors (Lipinski definition) is 7. The molecule has 9 nitrogen and oxygen atoms in total. The van der Waals surface area contributed by atoms with Gasteiger partial charge in [-0.15, -0.1) is 0 Å². The van der Waals surface area contributed by atoms with E-state index < -0.39 is 117 Å². The van der Waals surface area contributed by atoms with Crippen molar-refractivity contribution < 1.29 is 108 Å². The molecule has 0 bridgehead atoms. The highest BCUT2D eigenvalue weighted by atomic mass is 28.4. The van der Waals surface area contributed by atoms with Gasteiger partial charge >= 0.3 is 53.7 Å². The predicted molar refractivity (Wildman–Crippen MR) is 212 cm³/mol. The maximum Gasteiger partial charge on any atom is 0.460 e. The first-order valence-corrected chi connectivity index (χ1v) is 22.2. The number of halogens is 17. The maximum absolute atomic E-state index is 15.0. The fraction of sp³-hybridized carbons (Fsp3) is 0.561. The van der Waals surface area contributed by atoms with Gasteiger partial charge in [0.25, 0.3) is 5.91 Å². The molecule has 0 fully saturated rings. The number of hydroxylamine groups is 1. The van der Waals surface area contributed by atoms with Gasteiger partial charge in [-0.05, 0) is 65.5 Å². The molecule has 68 heavy (non-hydrogen) atoms. The Morgan fingerprint density at radius 1 is 0.662 bits per heavy atom. The van der Waals surface area contributed by atoms with Gasteiger partial charge in [-0.3, -0.25) is 15.3 Å². The van der Waals surface area contributed by atoms with Gasteiger partial charge in [0.05, 0.1) is 13.7 Å². The first-order valence-electron chi connectivity index (χ1n) is 19.9. The molecule has 0 radical (unpaired) electrons. The monoisotopic (exact) mass is 1030 g/mol. The molecule has 386 valence electrons. The standard InChI is InChI=1S/C41H47F17N2O7Si/c1-24(2)68(25(3)4,23-20-34(42,43)35(44,45)36(46,47)37(48,49)38(50,51)39(52,53)40(54,55)41(56,57)58)66-22-21-65-30-16-12-27(13-17-30)32(26(5)10-8-7-9-11-31(61)60-63)67-33(62)59-28-14-18-29(64-6)19-15-28/h7-9,11-19,24-26,32,63H,10,20-23H2,1-6H3,(H,59,62)(H,60,61)/b8-7+,11-9+/t26-,32-/m1/s1. The van der Waals surface area contributed by atoms with E-state index in [1.165, 1.54) is 76.7 Å². The second-order valence-electron chi connectivity index (χ2n) is 15.8. The first-order chi connectivity index (χ1) is 31.0. The average Bonchev–Trinajstić information content (AvgIpc) is 3.24. The van der Waals surface area contributed by atoms with Gasteiger partial charge in [-0.25, -0.2) is 10.3 Å². The minimum atomic E-state index is -8.71. The summed E-state index contributed by atoms with van der Waals surface area (Å²) < 4.78 is 258. The number of carbonyl (C=O) groups excluding carboxylic acids is 2. The molecule has 2 atom stereocenters. The van der Waals surface area contributed by atoms with E-state index in [1.54, 1.807) is 37.3 Å². The lowest BCUT2D eigenvalue weighted by molar-refractivity contribution is -0.461. The summed E-state index contributed by atoms with van der Waals surface area (Å²) in [5, 5.41) is 11.2. The fourth-order valence-electron chi connectivity index (χ4n) is 6.63. The Hall–Kier alpha value is -4.79. The van der Waals surface area contributed by atoms with Crippen LogP contribution in [0.5, 0.6) is 11.5 Å². The van der Waals surface area contributed by atoms with Crippen LogP contribution in [0.3, 0.4) is 0 Å². The maximum atomic E-state index is 15.0. The molecule has 2 aromatic rings. The van der Waals surface area contributed by atoms with Gasteiger partial charge in [0.2, 0.25) is 0 Å². The van der Waals surface area contributed by atoms with Crippen LogP contribution in [0.15, 0.2) is 72.8 Å². The third-order valence-corrected chi connectivity index (χ3v) is 16.4. The van der Waals surface area contributed by atoms with Gasteiger partial charge < -0.3 is 18.6 Å². The van der Waals surface area contributed by atoms with Gasteiger partial charge in [0, 0.05) is 24.1 Å². The number of nitrogens with one attached hydrogen (secondary N) is 2. The quantitative estimate of drug-likeness (QED) is 0.0173. The number of carbonyl (C=O) groups is 2. The van der Waals surface area contributed by atoms with Crippen molar-refractivity contribution in [1.82, 2.24) is 5.48 Å². The van der Waals surface area contributed by atoms with Crippen molar-refractivity contribution in [2.24, 2.45) is 5.92 Å². The second kappa shape index (κ2) is 22.3. The van der Waals surface area contributed by atoms with Crippen molar-refractivity contribution in [2.45, 2.75) is 118 Å². The molecule has 27 heteroatoms. The summed E-state index contributed by atoms with van der Waals surface area (Å²) in [6, 6.07) is 10.7. The highest BCUT2D eigenvalue weighted by molar-refractivity contribution is 6.76. The van der Waals surface area contributed by atoms with Crippen molar-refractivity contribution >= 4 is 26.0 Å². The number of alkyl halides is 17. The number of methoxy groups -OCH3 is 1. The minimum Gasteiger partial charge on any atom is -0.497 e. The average molecular weight is 1030 g/mol. The van der Waals surface area contributed by atoms with Crippen LogP contribution < -0.4 is 20.3 Å². The Morgan fingerprint density at radius 3 is 1.62 bits per heavy atom. The Kier molecular flexibility index (Phi) is 19.5. The molecule has 0 aliphatic carbocycles. The zero-order valence-electron chi connectivity index (χ0n) is 36.6. The topological polar surface area (TPSA) is 115 Å². The number of ether oxygens (including phenoxy) is 3. The summed E-state index contributed by atoms with van der Waals surface area (Å²) in [6.07, 6.45) is -6.43. The van der Waals surface area contributed by atoms with Crippen LogP contribution in [0.4, 0.5) is 85.1 Å². The molecule has 0 aliphatic rings. The Morgan fingerprint density at radius 2 is 1.15 bits per heavy atom. The van der Waals surface area contributed by atoms with Crippen molar-refractivity contribution in [2.75, 3.05) is 25.6 Å². The van der Waals surface area contributed by atoms with E-state index in [2.05, 4.69) is 5.32 Å². The SMILES string of the molecule is COc1ccc(NC(=O)O[C@@H](c2ccc(OCCO[Si](CCC(F)(F)C(F)(F)C(F)(F)C(F)(F)C(F)(F)C(F)(F)C(F)(F)C(F)(F)F)(C(C)C)C(C)C)cc2)[C@H](C)C/C=C/C=C/C(=O)NO)cc1. The van der Waals surface area contributed by atoms with E-state index in [9.17, 15) is 75.4 Å². The Balaban J connectivity index is 2.30. The zero-order chi connectivity index (χ0) is 52.5. The van der Waals surface area contributed by atoms with Gasteiger partial charge in [0.1, 0.15) is 24.2 Å². The summed E-state index contributed by atoms with van der Waals surface area (Å²) in [7, 11) is -2.58. The molecule has 0 saturated heterocycles. The van der Waals surface area contributed by atoms with Crippen LogP contribution in [0.2, 0.25) is 17.1 Å². The normalized spacial score (nSPS) is 15.0. The number of allylic oxidation sites excluding steroid dienone is 3. The lowest BCUT2D eigenvalue weighted by Gasteiger charge is -2.44. The molecule has 0 saturated carbocycles. The molecule has 2 amide bonds. The Bertz CT molecular complexity index is 2010. The third kappa shape index (κ3) is 12.5. The van der Waals surface area contributed by atoms with Gasteiger partial charge in [0.15, 0.2) is 8.32 Å². The first kappa shape index (κ1) is 59.3. The van der Waals surface area contributed by atoms with E-state index in [0.717, 1.165) is 6.08 Å². The molecule has 2 rings (SSSR count). The molecule has 3 N–H and O–H groups in total. The van der Waals surface area contributed by atoms with Gasteiger partial charge in [-0.1, -0.05) is 65.0 Å². The van der Waals surface area contributed by atoms with E-state index in [1.807, 2.05) is 0 Å². The molecule has 0 aliphatic heterocycles. The van der Waals surface area contributed by atoms with Crippen molar-refractivity contribution in [3.8, 4) is 11.5 Å². The summed E-state index contributed by atoms with van der Waals surface area (Å²) in [5.74, 6) is -57.5. The number of hydrogen-bond donors (Lipinski definition) is 3. The van der Waals surface area contributed by atoms with Crippen LogP contribution in [0.1, 0.15) is 59.1 Å². The zero-order valence-corrected chi connectivity index (χ0v) is 37.6. The molecule has 2 aromatic carbocycles.